The summed E-state index contributed by atoms with van der Waals surface area (Å²) in [5.74, 6) is -0.156. The number of hydrogen-bond donors (Lipinski definition) is 2. The maximum atomic E-state index is 11.6. The maximum absolute atomic E-state index is 11.6. The summed E-state index contributed by atoms with van der Waals surface area (Å²) in [5, 5.41) is 8.36. The third-order valence-electron chi connectivity index (χ3n) is 1.84. The summed E-state index contributed by atoms with van der Waals surface area (Å²) < 4.78 is 0. The van der Waals surface area contributed by atoms with Gasteiger partial charge in [0.15, 0.2) is 0 Å². The van der Waals surface area contributed by atoms with E-state index < -0.39 is 0 Å². The maximum Gasteiger partial charge on any atom is 0.270 e. The summed E-state index contributed by atoms with van der Waals surface area (Å²) in [4.78, 5) is 15.8. The molecule has 0 saturated heterocycles. The zero-order valence-electron chi connectivity index (χ0n) is 7.95. The van der Waals surface area contributed by atoms with Gasteiger partial charge in [0.25, 0.3) is 5.91 Å². The normalized spacial score (nSPS) is 9.43. The molecular formula is C9H12N4O. The molecule has 0 unspecified atom stereocenters. The van der Waals surface area contributed by atoms with Gasteiger partial charge in [0, 0.05) is 25.5 Å². The van der Waals surface area contributed by atoms with Crippen LogP contribution in [0.2, 0.25) is 0 Å². The molecule has 3 N–H and O–H groups in total. The minimum absolute atomic E-state index is 0.156. The second kappa shape index (κ2) is 4.33. The lowest BCUT2D eigenvalue weighted by atomic mass is 10.3. The molecule has 5 heteroatoms. The van der Waals surface area contributed by atoms with Gasteiger partial charge in [-0.1, -0.05) is 0 Å². The molecule has 74 valence electrons. The first kappa shape index (κ1) is 10.1. The van der Waals surface area contributed by atoms with Gasteiger partial charge in [0.2, 0.25) is 0 Å². The molecule has 0 aliphatic carbocycles. The minimum atomic E-state index is -0.156. The lowest BCUT2D eigenvalue weighted by Crippen LogP contribution is -2.27. The minimum Gasteiger partial charge on any atom is -0.397 e. The van der Waals surface area contributed by atoms with E-state index in [0.29, 0.717) is 24.3 Å². The number of nitrogens with zero attached hydrogens (tertiary/aromatic N) is 2. The Hall–Kier alpha value is -1.96. The molecule has 0 bridgehead atoms. The number of hydrogen-bond acceptors (Lipinski definition) is 3. The number of nitriles is 1. The molecule has 0 spiro atoms. The van der Waals surface area contributed by atoms with Crippen LogP contribution in [-0.4, -0.2) is 29.4 Å². The lowest BCUT2D eigenvalue weighted by molar-refractivity contribution is 0.0793. The Bertz CT molecular complexity index is 363. The molecular weight excluding hydrogens is 180 g/mol. The third-order valence-corrected chi connectivity index (χ3v) is 1.84. The quantitative estimate of drug-likeness (QED) is 0.734. The second-order valence-corrected chi connectivity index (χ2v) is 2.98. The van der Waals surface area contributed by atoms with Crippen LogP contribution < -0.4 is 5.73 Å². The molecule has 1 amide bonds. The summed E-state index contributed by atoms with van der Waals surface area (Å²) in [5.41, 5.74) is 6.44. The van der Waals surface area contributed by atoms with E-state index in [1.807, 2.05) is 6.07 Å². The van der Waals surface area contributed by atoms with E-state index >= 15 is 0 Å². The number of carbonyl (C=O) groups excluding carboxylic acids is 1. The fourth-order valence-electron chi connectivity index (χ4n) is 1.06. The number of rotatable bonds is 3. The van der Waals surface area contributed by atoms with Crippen LogP contribution in [0.25, 0.3) is 0 Å². The highest BCUT2D eigenvalue weighted by molar-refractivity contribution is 5.93. The van der Waals surface area contributed by atoms with Crippen molar-refractivity contribution in [2.75, 3.05) is 19.3 Å². The van der Waals surface area contributed by atoms with Gasteiger partial charge >= 0.3 is 0 Å². The zero-order valence-corrected chi connectivity index (χ0v) is 7.95. The van der Waals surface area contributed by atoms with Crippen molar-refractivity contribution in [2.24, 2.45) is 0 Å². The smallest absolute Gasteiger partial charge is 0.270 e. The Morgan fingerprint density at radius 3 is 3.00 bits per heavy atom. The molecule has 1 aromatic heterocycles. The van der Waals surface area contributed by atoms with Crippen molar-refractivity contribution in [3.63, 3.8) is 0 Å². The van der Waals surface area contributed by atoms with E-state index in [4.69, 9.17) is 11.0 Å². The first-order valence-electron chi connectivity index (χ1n) is 4.21. The van der Waals surface area contributed by atoms with Crippen LogP contribution in [-0.2, 0) is 0 Å². The number of nitrogens with one attached hydrogen (secondary N) is 1. The summed E-state index contributed by atoms with van der Waals surface area (Å²) in [6.45, 7) is 0.425. The third kappa shape index (κ3) is 2.26. The number of anilines is 1. The molecule has 0 saturated carbocycles. The molecule has 0 fully saturated rings. The predicted octanol–water partition coefficient (Wildman–Crippen LogP) is 0.583. The van der Waals surface area contributed by atoms with Crippen LogP contribution in [0.4, 0.5) is 5.69 Å². The zero-order chi connectivity index (χ0) is 10.6. The van der Waals surface area contributed by atoms with E-state index in [1.54, 1.807) is 19.3 Å². The largest absolute Gasteiger partial charge is 0.397 e. The van der Waals surface area contributed by atoms with Crippen LogP contribution in [0.15, 0.2) is 12.3 Å². The Balaban J connectivity index is 2.62. The van der Waals surface area contributed by atoms with Gasteiger partial charge in [-0.25, -0.2) is 0 Å². The average Bonchev–Trinajstić information content (AvgIpc) is 2.60. The SMILES string of the molecule is CN(CCC#N)C(=O)c1cc(N)c[nH]1. The van der Waals surface area contributed by atoms with Gasteiger partial charge in [-0.05, 0) is 6.07 Å². The number of H-pyrrole nitrogens is 1. The molecule has 14 heavy (non-hydrogen) atoms. The highest BCUT2D eigenvalue weighted by Gasteiger charge is 2.12. The van der Waals surface area contributed by atoms with E-state index in [1.165, 1.54) is 4.90 Å². The van der Waals surface area contributed by atoms with Gasteiger partial charge in [0.1, 0.15) is 5.69 Å². The molecule has 1 heterocycles. The average molecular weight is 192 g/mol. The van der Waals surface area contributed by atoms with Crippen molar-refractivity contribution in [2.45, 2.75) is 6.42 Å². The highest BCUT2D eigenvalue weighted by Crippen LogP contribution is 2.07. The molecule has 1 aromatic rings. The topological polar surface area (TPSA) is 85.9 Å². The van der Waals surface area contributed by atoms with Gasteiger partial charge in [-0.15, -0.1) is 0 Å². The predicted molar refractivity (Wildman–Crippen MR) is 52.4 cm³/mol. The Morgan fingerprint density at radius 1 is 1.79 bits per heavy atom. The van der Waals surface area contributed by atoms with Gasteiger partial charge in [-0.3, -0.25) is 4.79 Å². The molecule has 1 rings (SSSR count). The van der Waals surface area contributed by atoms with Crippen molar-refractivity contribution in [1.29, 1.82) is 5.26 Å². The van der Waals surface area contributed by atoms with Gasteiger partial charge < -0.3 is 15.6 Å². The first-order chi connectivity index (χ1) is 6.65. The van der Waals surface area contributed by atoms with Gasteiger partial charge in [-0.2, -0.15) is 5.26 Å². The van der Waals surface area contributed by atoms with Crippen molar-refractivity contribution >= 4 is 11.6 Å². The number of amides is 1. The summed E-state index contributed by atoms with van der Waals surface area (Å²) in [7, 11) is 1.65. The lowest BCUT2D eigenvalue weighted by Gasteiger charge is -2.13. The fraction of sp³-hybridized carbons (Fsp3) is 0.333. The highest BCUT2D eigenvalue weighted by atomic mass is 16.2. The molecule has 0 aliphatic rings. The van der Waals surface area contributed by atoms with Crippen LogP contribution in [0, 0.1) is 11.3 Å². The van der Waals surface area contributed by atoms with Crippen LogP contribution in [0.3, 0.4) is 0 Å². The Labute approximate surface area is 82.1 Å². The fourth-order valence-corrected chi connectivity index (χ4v) is 1.06. The molecule has 0 radical (unpaired) electrons. The second-order valence-electron chi connectivity index (χ2n) is 2.98. The van der Waals surface area contributed by atoms with Crippen LogP contribution in [0.5, 0.6) is 0 Å². The summed E-state index contributed by atoms with van der Waals surface area (Å²) in [6, 6.07) is 3.56. The Kier molecular flexibility index (Phi) is 3.13. The number of nitrogens with two attached hydrogens (primary N) is 1. The number of carbonyl (C=O) groups is 1. The van der Waals surface area contributed by atoms with E-state index in [2.05, 4.69) is 4.98 Å². The first-order valence-corrected chi connectivity index (χ1v) is 4.21. The van der Waals surface area contributed by atoms with Crippen molar-refractivity contribution < 1.29 is 4.79 Å². The van der Waals surface area contributed by atoms with Crippen molar-refractivity contribution in [3.8, 4) is 6.07 Å². The van der Waals surface area contributed by atoms with E-state index in [9.17, 15) is 4.79 Å². The van der Waals surface area contributed by atoms with Crippen LogP contribution >= 0.6 is 0 Å². The molecule has 0 atom stereocenters. The number of aromatic amines is 1. The molecule has 0 aromatic carbocycles. The molecule has 5 nitrogen and oxygen atoms in total. The van der Waals surface area contributed by atoms with Crippen molar-refractivity contribution in [1.82, 2.24) is 9.88 Å². The van der Waals surface area contributed by atoms with E-state index in [0.717, 1.165) is 0 Å². The monoisotopic (exact) mass is 192 g/mol. The number of aromatic nitrogens is 1. The Morgan fingerprint density at radius 2 is 2.50 bits per heavy atom. The number of nitrogen functional groups attached to an aromatic ring is 1. The summed E-state index contributed by atoms with van der Waals surface area (Å²) >= 11 is 0. The summed E-state index contributed by atoms with van der Waals surface area (Å²) in [6.07, 6.45) is 1.89. The van der Waals surface area contributed by atoms with Crippen molar-refractivity contribution in [3.05, 3.63) is 18.0 Å². The van der Waals surface area contributed by atoms with E-state index in [-0.39, 0.29) is 5.91 Å². The molecule has 0 aliphatic heterocycles. The van der Waals surface area contributed by atoms with Crippen LogP contribution in [0.1, 0.15) is 16.9 Å². The standard InChI is InChI=1S/C9H12N4O/c1-13(4-2-3-10)9(14)8-5-7(11)6-12-8/h5-6,12H,2,4,11H2,1H3. The van der Waals surface area contributed by atoms with Gasteiger partial charge in [0.05, 0.1) is 12.5 Å².